The highest BCUT2D eigenvalue weighted by molar-refractivity contribution is 6.32. The van der Waals surface area contributed by atoms with Crippen LogP contribution in [0.4, 0.5) is 10.1 Å². The number of ether oxygens (including phenoxy) is 1. The average molecular weight is 317 g/mol. The van der Waals surface area contributed by atoms with Crippen LogP contribution in [0.3, 0.4) is 0 Å². The Morgan fingerprint density at radius 2 is 2.05 bits per heavy atom. The van der Waals surface area contributed by atoms with E-state index in [0.29, 0.717) is 5.56 Å². The Morgan fingerprint density at radius 1 is 1.30 bits per heavy atom. The summed E-state index contributed by atoms with van der Waals surface area (Å²) >= 11 is 11.5. The van der Waals surface area contributed by atoms with E-state index in [4.69, 9.17) is 27.9 Å². The van der Waals surface area contributed by atoms with Gasteiger partial charge in [-0.2, -0.15) is 4.39 Å². The SMILES string of the molecule is O=[N+]([O-])c1ccc(OCc2ccc(Cl)nc2Cl)cc1F. The van der Waals surface area contributed by atoms with Crippen molar-refractivity contribution in [3.8, 4) is 5.75 Å². The first-order chi connectivity index (χ1) is 9.47. The Labute approximate surface area is 123 Å². The highest BCUT2D eigenvalue weighted by Gasteiger charge is 2.14. The summed E-state index contributed by atoms with van der Waals surface area (Å²) in [6.45, 7) is 0.0419. The molecule has 5 nitrogen and oxygen atoms in total. The molecule has 0 aliphatic carbocycles. The maximum absolute atomic E-state index is 13.4. The third kappa shape index (κ3) is 3.34. The van der Waals surface area contributed by atoms with E-state index in [1.54, 1.807) is 12.1 Å². The lowest BCUT2D eigenvalue weighted by Gasteiger charge is -2.07. The molecule has 0 aliphatic heterocycles. The van der Waals surface area contributed by atoms with Crippen LogP contribution in [0.15, 0.2) is 30.3 Å². The average Bonchev–Trinajstić information content (AvgIpc) is 2.37. The van der Waals surface area contributed by atoms with E-state index in [-0.39, 0.29) is 22.7 Å². The van der Waals surface area contributed by atoms with Crippen molar-refractivity contribution in [1.82, 2.24) is 4.98 Å². The fourth-order valence-electron chi connectivity index (χ4n) is 1.44. The molecule has 0 fully saturated rings. The number of nitrogens with zero attached hydrogens (tertiary/aromatic N) is 2. The number of pyridine rings is 1. The number of nitro benzene ring substituents is 1. The molecule has 0 saturated heterocycles. The lowest BCUT2D eigenvalue weighted by Crippen LogP contribution is -1.99. The van der Waals surface area contributed by atoms with E-state index < -0.39 is 16.4 Å². The van der Waals surface area contributed by atoms with E-state index in [1.165, 1.54) is 6.07 Å². The summed E-state index contributed by atoms with van der Waals surface area (Å²) in [5.74, 6) is -0.813. The van der Waals surface area contributed by atoms with Gasteiger partial charge in [-0.3, -0.25) is 10.1 Å². The Kier molecular flexibility index (Phi) is 4.36. The first-order valence-corrected chi connectivity index (χ1v) is 6.10. The number of halogens is 3. The predicted molar refractivity (Wildman–Crippen MR) is 71.6 cm³/mol. The fourth-order valence-corrected chi connectivity index (χ4v) is 1.83. The summed E-state index contributed by atoms with van der Waals surface area (Å²) in [6, 6.07) is 6.45. The van der Waals surface area contributed by atoms with Gasteiger partial charge in [-0.1, -0.05) is 23.2 Å². The molecular formula is C12H7Cl2FN2O3. The standard InChI is InChI=1S/C12H7Cl2FN2O3/c13-11-4-1-7(12(14)16-11)6-20-8-2-3-10(17(18)19)9(15)5-8/h1-5H,6H2. The van der Waals surface area contributed by atoms with Gasteiger partial charge in [0.2, 0.25) is 5.82 Å². The van der Waals surface area contributed by atoms with Gasteiger partial charge in [0.25, 0.3) is 0 Å². The molecule has 1 heterocycles. The Bertz CT molecular complexity index is 667. The maximum atomic E-state index is 13.4. The molecule has 0 saturated carbocycles. The zero-order chi connectivity index (χ0) is 14.7. The second kappa shape index (κ2) is 6.02. The van der Waals surface area contributed by atoms with Gasteiger partial charge >= 0.3 is 5.69 Å². The van der Waals surface area contributed by atoms with Gasteiger partial charge in [0, 0.05) is 17.7 Å². The highest BCUT2D eigenvalue weighted by Crippen LogP contribution is 2.24. The van der Waals surface area contributed by atoms with Crippen molar-refractivity contribution in [1.29, 1.82) is 0 Å². The Balaban J connectivity index is 2.11. The van der Waals surface area contributed by atoms with Gasteiger partial charge < -0.3 is 4.74 Å². The van der Waals surface area contributed by atoms with Crippen LogP contribution in [0.5, 0.6) is 5.75 Å². The van der Waals surface area contributed by atoms with Crippen LogP contribution in [0.25, 0.3) is 0 Å². The molecule has 1 aromatic heterocycles. The lowest BCUT2D eigenvalue weighted by atomic mass is 10.3. The summed E-state index contributed by atoms with van der Waals surface area (Å²) in [7, 11) is 0. The minimum Gasteiger partial charge on any atom is -0.489 e. The number of rotatable bonds is 4. The number of aromatic nitrogens is 1. The van der Waals surface area contributed by atoms with E-state index >= 15 is 0 Å². The summed E-state index contributed by atoms with van der Waals surface area (Å²) in [6.07, 6.45) is 0. The monoisotopic (exact) mass is 316 g/mol. The van der Waals surface area contributed by atoms with E-state index in [1.807, 2.05) is 0 Å². The first kappa shape index (κ1) is 14.5. The molecule has 0 atom stereocenters. The topological polar surface area (TPSA) is 65.3 Å². The van der Waals surface area contributed by atoms with Crippen molar-refractivity contribution in [3.05, 3.63) is 62.1 Å². The molecule has 2 rings (SSSR count). The van der Waals surface area contributed by atoms with Crippen LogP contribution >= 0.6 is 23.2 Å². The van der Waals surface area contributed by atoms with Gasteiger partial charge in [0.05, 0.1) is 4.92 Å². The molecule has 0 unspecified atom stereocenters. The van der Waals surface area contributed by atoms with Crippen molar-refractivity contribution < 1.29 is 14.1 Å². The summed E-state index contributed by atoms with van der Waals surface area (Å²) in [4.78, 5) is 13.5. The minimum absolute atomic E-state index is 0.0419. The summed E-state index contributed by atoms with van der Waals surface area (Å²) in [5, 5.41) is 10.9. The van der Waals surface area contributed by atoms with Gasteiger partial charge in [-0.25, -0.2) is 4.98 Å². The van der Waals surface area contributed by atoms with Gasteiger partial charge in [0.15, 0.2) is 0 Å². The molecule has 0 N–H and O–H groups in total. The van der Waals surface area contributed by atoms with Gasteiger partial charge in [-0.15, -0.1) is 0 Å². The van der Waals surface area contributed by atoms with Gasteiger partial charge in [0.1, 0.15) is 22.7 Å². The third-order valence-corrected chi connectivity index (χ3v) is 2.94. The van der Waals surface area contributed by atoms with E-state index in [2.05, 4.69) is 4.98 Å². The van der Waals surface area contributed by atoms with Crippen molar-refractivity contribution in [2.45, 2.75) is 6.61 Å². The third-order valence-electron chi connectivity index (χ3n) is 2.40. The van der Waals surface area contributed by atoms with Crippen LogP contribution < -0.4 is 4.74 Å². The summed E-state index contributed by atoms with van der Waals surface area (Å²) in [5.41, 5.74) is -0.0432. The quantitative estimate of drug-likeness (QED) is 0.485. The molecular weight excluding hydrogens is 310 g/mol. The summed E-state index contributed by atoms with van der Waals surface area (Å²) < 4.78 is 18.7. The second-order valence-corrected chi connectivity index (χ2v) is 4.49. The molecule has 104 valence electrons. The van der Waals surface area contributed by atoms with Crippen molar-refractivity contribution in [2.24, 2.45) is 0 Å². The van der Waals surface area contributed by atoms with Gasteiger partial charge in [-0.05, 0) is 18.2 Å². The molecule has 1 aromatic carbocycles. The zero-order valence-corrected chi connectivity index (χ0v) is 11.4. The lowest BCUT2D eigenvalue weighted by molar-refractivity contribution is -0.387. The number of hydrogen-bond acceptors (Lipinski definition) is 4. The molecule has 0 amide bonds. The smallest absolute Gasteiger partial charge is 0.305 e. The first-order valence-electron chi connectivity index (χ1n) is 5.35. The Morgan fingerprint density at radius 3 is 2.65 bits per heavy atom. The highest BCUT2D eigenvalue weighted by atomic mass is 35.5. The van der Waals surface area contributed by atoms with Crippen molar-refractivity contribution >= 4 is 28.9 Å². The Hall–Kier alpha value is -1.92. The molecule has 0 aliphatic rings. The van der Waals surface area contributed by atoms with Crippen molar-refractivity contribution in [3.63, 3.8) is 0 Å². The minimum atomic E-state index is -0.965. The largest absolute Gasteiger partial charge is 0.489 e. The van der Waals surface area contributed by atoms with Crippen LogP contribution in [0.2, 0.25) is 10.3 Å². The van der Waals surface area contributed by atoms with Crippen LogP contribution in [-0.4, -0.2) is 9.91 Å². The molecule has 0 radical (unpaired) electrons. The maximum Gasteiger partial charge on any atom is 0.305 e. The molecule has 8 heteroatoms. The predicted octanol–water partition coefficient (Wildman–Crippen LogP) is 4.01. The number of benzene rings is 1. The number of hydrogen-bond donors (Lipinski definition) is 0. The molecule has 20 heavy (non-hydrogen) atoms. The fraction of sp³-hybridized carbons (Fsp3) is 0.0833. The zero-order valence-electron chi connectivity index (χ0n) is 9.85. The number of nitro groups is 1. The van der Waals surface area contributed by atoms with Crippen LogP contribution in [-0.2, 0) is 6.61 Å². The normalized spacial score (nSPS) is 10.3. The van der Waals surface area contributed by atoms with Crippen LogP contribution in [0, 0.1) is 15.9 Å². The van der Waals surface area contributed by atoms with E-state index in [9.17, 15) is 14.5 Å². The van der Waals surface area contributed by atoms with Crippen molar-refractivity contribution in [2.75, 3.05) is 0 Å². The molecule has 0 bridgehead atoms. The van der Waals surface area contributed by atoms with E-state index in [0.717, 1.165) is 12.1 Å². The molecule has 2 aromatic rings. The molecule has 0 spiro atoms. The second-order valence-electron chi connectivity index (χ2n) is 3.74. The van der Waals surface area contributed by atoms with Crippen LogP contribution in [0.1, 0.15) is 5.56 Å².